The molecule has 1 aliphatic rings. The second-order valence-corrected chi connectivity index (χ2v) is 9.52. The normalized spacial score (nSPS) is 14.0. The molecular weight excluding hydrogens is 566 g/mol. The molecule has 1 aliphatic heterocycles. The molecule has 0 fully saturated rings. The molecule has 1 atom stereocenters. The smallest absolute Gasteiger partial charge is 0.336 e. The van der Waals surface area contributed by atoms with Crippen LogP contribution in [0.1, 0.15) is 46.1 Å². The maximum atomic E-state index is 13.1. The van der Waals surface area contributed by atoms with Crippen LogP contribution < -0.4 is 26.0 Å². The van der Waals surface area contributed by atoms with E-state index in [0.29, 0.717) is 24.5 Å². The van der Waals surface area contributed by atoms with Crippen molar-refractivity contribution in [3.05, 3.63) is 56.4 Å². The number of amides is 2. The van der Waals surface area contributed by atoms with Crippen LogP contribution in [-0.2, 0) is 28.7 Å². The fourth-order valence-corrected chi connectivity index (χ4v) is 4.31. The number of aliphatic hydroxyl groups is 1. The summed E-state index contributed by atoms with van der Waals surface area (Å²) in [5, 5.41) is 31.9. The van der Waals surface area contributed by atoms with Crippen molar-refractivity contribution in [2.75, 3.05) is 46.0 Å². The highest BCUT2D eigenvalue weighted by molar-refractivity contribution is 6.00. The zero-order valence-electron chi connectivity index (χ0n) is 24.9. The number of hydrogen-bond acceptors (Lipinski definition) is 12. The van der Waals surface area contributed by atoms with Gasteiger partial charge in [0.2, 0.25) is 5.91 Å². The molecule has 2 amide bonds. The van der Waals surface area contributed by atoms with Crippen molar-refractivity contribution in [1.29, 1.82) is 0 Å². The van der Waals surface area contributed by atoms with Gasteiger partial charge in [-0.15, -0.1) is 0 Å². The molecule has 0 aliphatic carbocycles. The first-order valence-electron chi connectivity index (χ1n) is 13.8. The molecule has 1 aromatic rings. The number of nitrogens with zero attached hydrogens (tertiary/aromatic N) is 1. The van der Waals surface area contributed by atoms with Gasteiger partial charge in [-0.2, -0.15) is 0 Å². The number of hydrogen-bond donors (Lipinski definition) is 5. The SMILES string of the molecule is CCOC(=O)C1=C(C)NC(C)=C(C(=O)OCC)C1c1cc([N+](=O)[O-])ccc1OCC(=O)NCC(=O)NCCNCC(C)O. The Labute approximate surface area is 249 Å². The molecule has 0 bridgehead atoms. The van der Waals surface area contributed by atoms with Gasteiger partial charge in [-0.1, -0.05) is 0 Å². The quantitative estimate of drug-likeness (QED) is 0.0757. The third kappa shape index (κ3) is 10.1. The Hall–Kier alpha value is -4.50. The van der Waals surface area contributed by atoms with Gasteiger partial charge in [0.25, 0.3) is 11.6 Å². The van der Waals surface area contributed by atoms with E-state index in [0.717, 1.165) is 6.07 Å². The molecule has 1 heterocycles. The summed E-state index contributed by atoms with van der Waals surface area (Å²) in [6.07, 6.45) is -0.519. The third-order valence-corrected chi connectivity index (χ3v) is 6.13. The molecule has 1 aromatic carbocycles. The Morgan fingerprint density at radius 2 is 1.60 bits per heavy atom. The maximum absolute atomic E-state index is 13.1. The summed E-state index contributed by atoms with van der Waals surface area (Å²) < 4.78 is 16.2. The lowest BCUT2D eigenvalue weighted by Crippen LogP contribution is -2.41. The minimum Gasteiger partial charge on any atom is -0.483 e. The van der Waals surface area contributed by atoms with Crippen molar-refractivity contribution < 1.29 is 43.4 Å². The van der Waals surface area contributed by atoms with E-state index in [9.17, 15) is 34.4 Å². The number of dihydropyridines is 1. The maximum Gasteiger partial charge on any atom is 0.336 e. The number of allylic oxidation sites excluding steroid dienone is 2. The van der Waals surface area contributed by atoms with Crippen LogP contribution in [0.2, 0.25) is 0 Å². The van der Waals surface area contributed by atoms with Gasteiger partial charge in [-0.25, -0.2) is 9.59 Å². The first-order chi connectivity index (χ1) is 20.4. The predicted octanol–water partition coefficient (Wildman–Crippen LogP) is 0.537. The van der Waals surface area contributed by atoms with E-state index >= 15 is 0 Å². The molecule has 15 heteroatoms. The standard InChI is InChI=1S/C28H39N5O10/c1-6-41-27(37)24-17(4)32-18(5)25(28(38)42-7-2)26(24)20-12-19(33(39)40)8-9-21(20)43-15-23(36)31-14-22(35)30-11-10-29-13-16(3)34/h8-9,12,16,26,29,32,34H,6-7,10-11,13-15H2,1-5H3,(H,30,35)(H,31,36). The number of carbonyl (C=O) groups excluding carboxylic acids is 4. The molecule has 0 radical (unpaired) electrons. The average Bonchev–Trinajstić information content (AvgIpc) is 2.94. The van der Waals surface area contributed by atoms with Gasteiger partial charge >= 0.3 is 11.9 Å². The molecule has 236 valence electrons. The number of nitro groups is 1. The first kappa shape index (κ1) is 34.7. The Balaban J connectivity index is 2.33. The summed E-state index contributed by atoms with van der Waals surface area (Å²) in [7, 11) is 0. The number of carbonyl (C=O) groups is 4. The Kier molecular flexibility index (Phi) is 13.6. The minimum absolute atomic E-state index is 0.00881. The number of non-ortho nitro benzene ring substituents is 1. The van der Waals surface area contributed by atoms with Crippen molar-refractivity contribution >= 4 is 29.4 Å². The number of aliphatic hydroxyl groups excluding tert-OH is 1. The Bertz CT molecular complexity index is 1230. The lowest BCUT2D eigenvalue weighted by atomic mass is 9.79. The zero-order chi connectivity index (χ0) is 32.1. The van der Waals surface area contributed by atoms with Crippen LogP contribution in [0.3, 0.4) is 0 Å². The largest absolute Gasteiger partial charge is 0.483 e. The van der Waals surface area contributed by atoms with Crippen LogP contribution >= 0.6 is 0 Å². The van der Waals surface area contributed by atoms with Gasteiger partial charge in [-0.3, -0.25) is 19.7 Å². The molecule has 0 saturated carbocycles. The van der Waals surface area contributed by atoms with Crippen molar-refractivity contribution in [3.8, 4) is 5.75 Å². The number of nitrogens with one attached hydrogen (secondary N) is 4. The second-order valence-electron chi connectivity index (χ2n) is 9.52. The van der Waals surface area contributed by atoms with E-state index in [1.165, 1.54) is 12.1 Å². The number of nitro benzene ring substituents is 1. The summed E-state index contributed by atoms with van der Waals surface area (Å²) in [5.74, 6) is -3.82. The van der Waals surface area contributed by atoms with E-state index in [-0.39, 0.29) is 54.4 Å². The zero-order valence-corrected chi connectivity index (χ0v) is 24.9. The summed E-state index contributed by atoms with van der Waals surface area (Å²) in [6, 6.07) is 3.60. The summed E-state index contributed by atoms with van der Waals surface area (Å²) in [6.45, 7) is 8.30. The number of ether oxygens (including phenoxy) is 3. The van der Waals surface area contributed by atoms with E-state index < -0.39 is 47.3 Å². The topological polar surface area (TPSA) is 207 Å². The average molecular weight is 606 g/mol. The van der Waals surface area contributed by atoms with Crippen LogP contribution in [0, 0.1) is 10.1 Å². The van der Waals surface area contributed by atoms with Crippen LogP contribution in [0.25, 0.3) is 0 Å². The fraction of sp³-hybridized carbons (Fsp3) is 0.500. The fourth-order valence-electron chi connectivity index (χ4n) is 4.31. The van der Waals surface area contributed by atoms with Crippen molar-refractivity contribution in [3.63, 3.8) is 0 Å². The molecule has 0 saturated heterocycles. The van der Waals surface area contributed by atoms with Crippen molar-refractivity contribution in [2.45, 2.75) is 46.6 Å². The van der Waals surface area contributed by atoms with Crippen LogP contribution in [0.5, 0.6) is 5.75 Å². The minimum atomic E-state index is -1.19. The molecule has 1 unspecified atom stereocenters. The molecule has 0 spiro atoms. The van der Waals surface area contributed by atoms with E-state index in [2.05, 4.69) is 21.3 Å². The van der Waals surface area contributed by atoms with Crippen molar-refractivity contribution in [1.82, 2.24) is 21.3 Å². The summed E-state index contributed by atoms with van der Waals surface area (Å²) >= 11 is 0. The highest BCUT2D eigenvalue weighted by Crippen LogP contribution is 2.44. The van der Waals surface area contributed by atoms with Gasteiger partial charge < -0.3 is 40.6 Å². The second kappa shape index (κ2) is 16.8. The van der Waals surface area contributed by atoms with E-state index in [4.69, 9.17) is 14.2 Å². The highest BCUT2D eigenvalue weighted by Gasteiger charge is 2.40. The third-order valence-electron chi connectivity index (χ3n) is 6.13. The molecule has 0 aromatic heterocycles. The summed E-state index contributed by atoms with van der Waals surface area (Å²) in [5.41, 5.74) is 0.477. The van der Waals surface area contributed by atoms with E-state index in [1.54, 1.807) is 34.6 Å². The van der Waals surface area contributed by atoms with Gasteiger partial charge in [0, 0.05) is 48.7 Å². The lowest BCUT2D eigenvalue weighted by molar-refractivity contribution is -0.384. The van der Waals surface area contributed by atoms with E-state index in [1.807, 2.05) is 0 Å². The number of esters is 2. The highest BCUT2D eigenvalue weighted by atomic mass is 16.6. The lowest BCUT2D eigenvalue weighted by Gasteiger charge is -2.31. The van der Waals surface area contributed by atoms with Gasteiger partial charge in [0.15, 0.2) is 6.61 Å². The number of rotatable bonds is 16. The molecule has 5 N–H and O–H groups in total. The van der Waals surface area contributed by atoms with Crippen LogP contribution in [0.4, 0.5) is 5.69 Å². The van der Waals surface area contributed by atoms with Gasteiger partial charge in [0.1, 0.15) is 5.75 Å². The Morgan fingerprint density at radius 1 is 1.00 bits per heavy atom. The van der Waals surface area contributed by atoms with Crippen molar-refractivity contribution in [2.24, 2.45) is 0 Å². The molecule has 2 rings (SSSR count). The van der Waals surface area contributed by atoms with Gasteiger partial charge in [0.05, 0.1) is 47.8 Å². The summed E-state index contributed by atoms with van der Waals surface area (Å²) in [4.78, 5) is 61.9. The predicted molar refractivity (Wildman–Crippen MR) is 154 cm³/mol. The molecular formula is C28H39N5O10. The molecule has 15 nitrogen and oxygen atoms in total. The van der Waals surface area contributed by atoms with Crippen LogP contribution in [-0.4, -0.2) is 85.9 Å². The molecule has 43 heavy (non-hydrogen) atoms. The van der Waals surface area contributed by atoms with Crippen LogP contribution in [0.15, 0.2) is 40.7 Å². The monoisotopic (exact) mass is 605 g/mol. The Morgan fingerprint density at radius 3 is 2.14 bits per heavy atom. The number of benzene rings is 1. The van der Waals surface area contributed by atoms with Gasteiger partial charge in [-0.05, 0) is 40.7 Å². The first-order valence-corrected chi connectivity index (χ1v) is 13.8.